The first-order chi connectivity index (χ1) is 14.5. The number of aliphatic carboxylic acids is 1. The van der Waals surface area contributed by atoms with Crippen LogP contribution in [0.25, 0.3) is 0 Å². The number of methoxy groups -OCH3 is 2. The summed E-state index contributed by atoms with van der Waals surface area (Å²) in [5.74, 6) is 1.81. The molecule has 3 fully saturated rings. The lowest BCUT2D eigenvalue weighted by atomic mass is 9.67. The SMILES string of the molecule is COCC1(CCC2CC2c2ccccc2OC)CCN(CC2(C(=O)O)CCC2)CC1. The summed E-state index contributed by atoms with van der Waals surface area (Å²) in [7, 11) is 3.58. The van der Waals surface area contributed by atoms with E-state index in [0.717, 1.165) is 70.0 Å². The Morgan fingerprint density at radius 3 is 2.50 bits per heavy atom. The molecule has 5 nitrogen and oxygen atoms in total. The summed E-state index contributed by atoms with van der Waals surface area (Å²) < 4.78 is 11.2. The summed E-state index contributed by atoms with van der Waals surface area (Å²) in [6.45, 7) is 3.54. The number of carboxylic acids is 1. The van der Waals surface area contributed by atoms with E-state index in [1.54, 1.807) is 7.11 Å². The van der Waals surface area contributed by atoms with Gasteiger partial charge in [0.25, 0.3) is 0 Å². The average molecular weight is 416 g/mol. The van der Waals surface area contributed by atoms with Gasteiger partial charge in [-0.25, -0.2) is 0 Å². The van der Waals surface area contributed by atoms with E-state index in [2.05, 4.69) is 23.1 Å². The van der Waals surface area contributed by atoms with Gasteiger partial charge in [0.15, 0.2) is 0 Å². The van der Waals surface area contributed by atoms with Crippen molar-refractivity contribution in [3.8, 4) is 5.75 Å². The summed E-state index contributed by atoms with van der Waals surface area (Å²) >= 11 is 0. The molecule has 5 heteroatoms. The monoisotopic (exact) mass is 415 g/mol. The van der Waals surface area contributed by atoms with Gasteiger partial charge in [-0.1, -0.05) is 24.6 Å². The van der Waals surface area contributed by atoms with E-state index in [0.29, 0.717) is 5.92 Å². The van der Waals surface area contributed by atoms with Gasteiger partial charge in [-0.05, 0) is 86.9 Å². The molecule has 0 radical (unpaired) electrons. The zero-order chi connectivity index (χ0) is 21.2. The Morgan fingerprint density at radius 2 is 1.90 bits per heavy atom. The third-order valence-electron chi connectivity index (χ3n) is 8.16. The minimum Gasteiger partial charge on any atom is -0.496 e. The molecule has 2 atom stereocenters. The number of para-hydroxylation sites is 1. The molecule has 1 N–H and O–H groups in total. The van der Waals surface area contributed by atoms with Crippen molar-refractivity contribution in [2.45, 2.75) is 57.3 Å². The molecule has 4 rings (SSSR count). The summed E-state index contributed by atoms with van der Waals surface area (Å²) in [6, 6.07) is 8.44. The fourth-order valence-corrected chi connectivity index (χ4v) is 5.84. The van der Waals surface area contributed by atoms with Gasteiger partial charge in [0.1, 0.15) is 5.75 Å². The molecule has 0 aromatic heterocycles. The predicted molar refractivity (Wildman–Crippen MR) is 117 cm³/mol. The number of likely N-dealkylation sites (tertiary alicyclic amines) is 1. The normalized spacial score (nSPS) is 27.3. The third-order valence-corrected chi connectivity index (χ3v) is 8.16. The summed E-state index contributed by atoms with van der Waals surface area (Å²) in [6.07, 6.45) is 8.67. The number of hydrogen-bond acceptors (Lipinski definition) is 4. The Balaban J connectivity index is 1.30. The highest BCUT2D eigenvalue weighted by Crippen LogP contribution is 2.54. The van der Waals surface area contributed by atoms with Gasteiger partial charge in [-0.3, -0.25) is 4.79 Å². The van der Waals surface area contributed by atoms with Crippen LogP contribution in [0.3, 0.4) is 0 Å². The van der Waals surface area contributed by atoms with Gasteiger partial charge in [0.2, 0.25) is 0 Å². The number of hydrogen-bond donors (Lipinski definition) is 1. The summed E-state index contributed by atoms with van der Waals surface area (Å²) in [4.78, 5) is 14.1. The molecule has 2 aliphatic carbocycles. The topological polar surface area (TPSA) is 59.0 Å². The maximum Gasteiger partial charge on any atom is 0.310 e. The minimum atomic E-state index is -0.599. The standard InChI is InChI=1S/C25H37NO4/c1-29-18-24(11-8-19-16-21(19)20-6-3-4-7-22(20)30-2)12-14-26(15-13-24)17-25(23(27)28)9-5-10-25/h3-4,6-7,19,21H,5,8-18H2,1-2H3,(H,27,28). The second-order valence-electron chi connectivity index (χ2n) is 10.0. The van der Waals surface area contributed by atoms with Gasteiger partial charge in [0.05, 0.1) is 19.1 Å². The van der Waals surface area contributed by atoms with Crippen molar-refractivity contribution in [3.05, 3.63) is 29.8 Å². The van der Waals surface area contributed by atoms with E-state index in [-0.39, 0.29) is 5.41 Å². The zero-order valence-electron chi connectivity index (χ0n) is 18.6. The number of nitrogens with zero attached hydrogens (tertiary/aromatic N) is 1. The Labute approximate surface area is 180 Å². The lowest BCUT2D eigenvalue weighted by molar-refractivity contribution is -0.157. The average Bonchev–Trinajstić information content (AvgIpc) is 3.50. The molecule has 166 valence electrons. The molecule has 1 aromatic carbocycles. The fourth-order valence-electron chi connectivity index (χ4n) is 5.84. The molecular formula is C25H37NO4. The van der Waals surface area contributed by atoms with Crippen LogP contribution in [0.1, 0.15) is 62.8 Å². The van der Waals surface area contributed by atoms with Gasteiger partial charge in [-0.2, -0.15) is 0 Å². The molecule has 0 bridgehead atoms. The minimum absolute atomic E-state index is 0.245. The lowest BCUT2D eigenvalue weighted by Crippen LogP contribution is -2.51. The Hall–Kier alpha value is -1.59. The Morgan fingerprint density at radius 1 is 1.17 bits per heavy atom. The molecule has 3 aliphatic rings. The van der Waals surface area contributed by atoms with E-state index < -0.39 is 11.4 Å². The first-order valence-electron chi connectivity index (χ1n) is 11.6. The van der Waals surface area contributed by atoms with Crippen molar-refractivity contribution < 1.29 is 19.4 Å². The maximum absolute atomic E-state index is 11.7. The van der Waals surface area contributed by atoms with Crippen LogP contribution in [-0.2, 0) is 9.53 Å². The molecule has 1 heterocycles. The van der Waals surface area contributed by atoms with Crippen molar-refractivity contribution in [1.82, 2.24) is 4.90 Å². The van der Waals surface area contributed by atoms with Crippen LogP contribution >= 0.6 is 0 Å². The van der Waals surface area contributed by atoms with Crippen molar-refractivity contribution in [3.63, 3.8) is 0 Å². The fraction of sp³-hybridized carbons (Fsp3) is 0.720. The van der Waals surface area contributed by atoms with Crippen LogP contribution in [0.2, 0.25) is 0 Å². The Bertz CT molecular complexity index is 736. The number of carbonyl (C=O) groups is 1. The molecule has 1 aliphatic heterocycles. The van der Waals surface area contributed by atoms with Crippen LogP contribution in [0.15, 0.2) is 24.3 Å². The first-order valence-corrected chi connectivity index (χ1v) is 11.6. The van der Waals surface area contributed by atoms with E-state index >= 15 is 0 Å². The largest absolute Gasteiger partial charge is 0.496 e. The highest BCUT2D eigenvalue weighted by Gasteiger charge is 2.47. The molecule has 2 saturated carbocycles. The second kappa shape index (κ2) is 8.88. The lowest BCUT2D eigenvalue weighted by Gasteiger charge is -2.46. The maximum atomic E-state index is 11.7. The first kappa shape index (κ1) is 21.6. The van der Waals surface area contributed by atoms with Gasteiger partial charge in [0, 0.05) is 13.7 Å². The van der Waals surface area contributed by atoms with E-state index in [1.165, 1.54) is 24.8 Å². The van der Waals surface area contributed by atoms with Gasteiger partial charge < -0.3 is 19.5 Å². The summed E-state index contributed by atoms with van der Waals surface area (Å²) in [5.41, 5.74) is 1.13. The molecule has 30 heavy (non-hydrogen) atoms. The quantitative estimate of drug-likeness (QED) is 0.607. The molecular weight excluding hydrogens is 378 g/mol. The van der Waals surface area contributed by atoms with Crippen molar-refractivity contribution in [2.75, 3.05) is 40.5 Å². The van der Waals surface area contributed by atoms with Gasteiger partial charge in [-0.15, -0.1) is 0 Å². The third kappa shape index (κ3) is 4.38. The number of carboxylic acid groups (broad SMARTS) is 1. The highest BCUT2D eigenvalue weighted by molar-refractivity contribution is 5.76. The number of ether oxygens (including phenoxy) is 2. The number of rotatable bonds is 10. The van der Waals surface area contributed by atoms with Crippen molar-refractivity contribution in [2.24, 2.45) is 16.7 Å². The van der Waals surface area contributed by atoms with Crippen molar-refractivity contribution in [1.29, 1.82) is 0 Å². The van der Waals surface area contributed by atoms with Crippen LogP contribution < -0.4 is 4.74 Å². The highest BCUT2D eigenvalue weighted by atomic mass is 16.5. The summed E-state index contributed by atoms with van der Waals surface area (Å²) in [5, 5.41) is 9.65. The molecule has 1 aromatic rings. The smallest absolute Gasteiger partial charge is 0.310 e. The molecule has 1 saturated heterocycles. The van der Waals surface area contributed by atoms with E-state index in [9.17, 15) is 9.90 Å². The number of piperidine rings is 1. The molecule has 0 spiro atoms. The second-order valence-corrected chi connectivity index (χ2v) is 10.0. The van der Waals surface area contributed by atoms with Crippen LogP contribution in [0.4, 0.5) is 0 Å². The van der Waals surface area contributed by atoms with Crippen LogP contribution in [0, 0.1) is 16.7 Å². The van der Waals surface area contributed by atoms with Crippen LogP contribution in [0.5, 0.6) is 5.75 Å². The van der Waals surface area contributed by atoms with Crippen LogP contribution in [-0.4, -0.2) is 56.4 Å². The van der Waals surface area contributed by atoms with E-state index in [4.69, 9.17) is 9.47 Å². The Kier molecular flexibility index (Phi) is 6.40. The molecule has 2 unspecified atom stereocenters. The molecule has 0 amide bonds. The predicted octanol–water partition coefficient (Wildman–Crippen LogP) is 4.56. The van der Waals surface area contributed by atoms with E-state index in [1.807, 2.05) is 13.2 Å². The van der Waals surface area contributed by atoms with Crippen molar-refractivity contribution >= 4 is 5.97 Å². The zero-order valence-corrected chi connectivity index (χ0v) is 18.6. The van der Waals surface area contributed by atoms with Gasteiger partial charge >= 0.3 is 5.97 Å². The number of benzene rings is 1.